The lowest BCUT2D eigenvalue weighted by Crippen LogP contribution is -2.36. The van der Waals surface area contributed by atoms with Gasteiger partial charge in [-0.3, -0.25) is 0 Å². The third-order valence-electron chi connectivity index (χ3n) is 13.4. The van der Waals surface area contributed by atoms with Crippen molar-refractivity contribution in [2.24, 2.45) is 0 Å². The lowest BCUT2D eigenvalue weighted by Gasteiger charge is -2.43. The second-order valence-corrected chi connectivity index (χ2v) is 16.4. The Morgan fingerprint density at radius 3 is 1.61 bits per heavy atom. The third kappa shape index (κ3) is 4.85. The van der Waals surface area contributed by atoms with Gasteiger partial charge in [-0.2, -0.15) is 0 Å². The average Bonchev–Trinajstić information content (AvgIpc) is 3.83. The molecule has 2 aliphatic carbocycles. The summed E-state index contributed by atoms with van der Waals surface area (Å²) in [5.74, 6) is 0. The maximum atomic E-state index is 2.47. The monoisotopic (exact) mass is 774 g/mol. The molecule has 1 heterocycles. The minimum Gasteiger partial charge on any atom is -0.310 e. The molecule has 0 radical (unpaired) electrons. The molecule has 0 bridgehead atoms. The highest BCUT2D eigenvalue weighted by Crippen LogP contribution is 2.64. The Morgan fingerprint density at radius 2 is 0.869 bits per heavy atom. The molecule has 0 N–H and O–H groups in total. The molecule has 0 amide bonds. The molecule has 11 aromatic rings. The Labute approximate surface area is 354 Å². The van der Waals surface area contributed by atoms with Gasteiger partial charge in [0.15, 0.2) is 0 Å². The molecule has 2 aliphatic rings. The number of fused-ring (bicyclic) bond motifs is 10. The van der Waals surface area contributed by atoms with E-state index in [1.807, 2.05) is 0 Å². The third-order valence-corrected chi connectivity index (χ3v) is 13.4. The molecule has 13 rings (SSSR count). The Bertz CT molecular complexity index is 3470. The standard InChI is InChI=1S/C59H38N2/c1-3-13-39(14-4-1)41-25-28-44(29-26-41)60(47-34-35-49-48-19-7-9-21-52(48)59(55(49)38-47)53-22-11-17-42-18-12-23-54(59)58(42)53)45-30-32-46(33-31-45)61-56-24-10-8-20-50(56)51-37-43(27-36-57(51)61)40-15-5-2-6-16-40/h1-38H. The van der Waals surface area contributed by atoms with Crippen LogP contribution in [0.1, 0.15) is 22.3 Å². The smallest absolute Gasteiger partial charge is 0.0726 e. The van der Waals surface area contributed by atoms with Crippen LogP contribution >= 0.6 is 0 Å². The molecule has 2 nitrogen and oxygen atoms in total. The summed E-state index contributed by atoms with van der Waals surface area (Å²) in [5, 5.41) is 5.20. The minimum absolute atomic E-state index is 0.318. The van der Waals surface area contributed by atoms with E-state index in [0.717, 1.165) is 22.7 Å². The molecular formula is C59H38N2. The van der Waals surface area contributed by atoms with E-state index in [1.165, 1.54) is 88.2 Å². The van der Waals surface area contributed by atoms with Gasteiger partial charge in [-0.05, 0) is 133 Å². The number of benzene rings is 10. The van der Waals surface area contributed by atoms with Gasteiger partial charge in [-0.1, -0.05) is 164 Å². The Morgan fingerprint density at radius 1 is 0.328 bits per heavy atom. The van der Waals surface area contributed by atoms with Crippen molar-refractivity contribution in [1.29, 1.82) is 0 Å². The Balaban J connectivity index is 0.973. The van der Waals surface area contributed by atoms with Crippen molar-refractivity contribution >= 4 is 49.6 Å². The van der Waals surface area contributed by atoms with E-state index >= 15 is 0 Å². The van der Waals surface area contributed by atoms with Gasteiger partial charge in [0.2, 0.25) is 0 Å². The number of nitrogens with zero attached hydrogens (tertiary/aromatic N) is 2. The number of hydrogen-bond acceptors (Lipinski definition) is 1. The maximum Gasteiger partial charge on any atom is 0.0726 e. The summed E-state index contributed by atoms with van der Waals surface area (Å²) in [6.45, 7) is 0. The topological polar surface area (TPSA) is 8.17 Å². The van der Waals surface area contributed by atoms with E-state index < -0.39 is 0 Å². The summed E-state index contributed by atoms with van der Waals surface area (Å²) >= 11 is 0. The largest absolute Gasteiger partial charge is 0.310 e. The van der Waals surface area contributed by atoms with Crippen LogP contribution in [0.4, 0.5) is 17.1 Å². The fraction of sp³-hybridized carbons (Fsp3) is 0.0169. The van der Waals surface area contributed by atoms with Crippen LogP contribution in [0.3, 0.4) is 0 Å². The molecule has 0 unspecified atom stereocenters. The van der Waals surface area contributed by atoms with Crippen molar-refractivity contribution in [2.45, 2.75) is 5.41 Å². The molecular weight excluding hydrogens is 737 g/mol. The maximum absolute atomic E-state index is 2.47. The van der Waals surface area contributed by atoms with Gasteiger partial charge < -0.3 is 9.47 Å². The summed E-state index contributed by atoms with van der Waals surface area (Å²) < 4.78 is 2.41. The molecule has 0 aliphatic heterocycles. The summed E-state index contributed by atoms with van der Waals surface area (Å²) in [6, 6.07) is 85.0. The van der Waals surface area contributed by atoms with Crippen LogP contribution in [0.25, 0.3) is 71.6 Å². The zero-order chi connectivity index (χ0) is 40.1. The van der Waals surface area contributed by atoms with Crippen molar-refractivity contribution in [3.8, 4) is 39.1 Å². The number of hydrogen-bond donors (Lipinski definition) is 0. The molecule has 10 aromatic carbocycles. The first-order valence-electron chi connectivity index (χ1n) is 21.2. The van der Waals surface area contributed by atoms with Crippen molar-refractivity contribution in [3.05, 3.63) is 253 Å². The summed E-state index contributed by atoms with van der Waals surface area (Å²) in [7, 11) is 0. The van der Waals surface area contributed by atoms with Gasteiger partial charge in [-0.15, -0.1) is 0 Å². The van der Waals surface area contributed by atoms with Crippen molar-refractivity contribution in [2.75, 3.05) is 4.90 Å². The number of aromatic nitrogens is 1. The van der Waals surface area contributed by atoms with Crippen LogP contribution in [0, 0.1) is 0 Å². The van der Waals surface area contributed by atoms with E-state index in [0.29, 0.717) is 0 Å². The zero-order valence-electron chi connectivity index (χ0n) is 33.3. The Hall–Kier alpha value is -7.94. The second kappa shape index (κ2) is 13.0. The fourth-order valence-electron chi connectivity index (χ4n) is 10.7. The van der Waals surface area contributed by atoms with Gasteiger partial charge >= 0.3 is 0 Å². The van der Waals surface area contributed by atoms with E-state index in [9.17, 15) is 0 Å². The lowest BCUT2D eigenvalue weighted by molar-refractivity contribution is 0.745. The predicted octanol–water partition coefficient (Wildman–Crippen LogP) is 15.4. The lowest BCUT2D eigenvalue weighted by atomic mass is 9.58. The van der Waals surface area contributed by atoms with Crippen molar-refractivity contribution in [1.82, 2.24) is 4.57 Å². The van der Waals surface area contributed by atoms with Crippen LogP contribution in [0.2, 0.25) is 0 Å². The second-order valence-electron chi connectivity index (χ2n) is 16.4. The normalized spacial score (nSPS) is 13.0. The predicted molar refractivity (Wildman–Crippen MR) is 255 cm³/mol. The molecule has 0 fully saturated rings. The van der Waals surface area contributed by atoms with Gasteiger partial charge in [0, 0.05) is 33.5 Å². The van der Waals surface area contributed by atoms with Gasteiger partial charge in [-0.25, -0.2) is 0 Å². The van der Waals surface area contributed by atoms with Crippen molar-refractivity contribution < 1.29 is 0 Å². The number of anilines is 3. The first-order chi connectivity index (χ1) is 30.3. The first-order valence-corrected chi connectivity index (χ1v) is 21.2. The quantitative estimate of drug-likeness (QED) is 0.163. The summed E-state index contributed by atoms with van der Waals surface area (Å²) in [4.78, 5) is 2.43. The zero-order valence-corrected chi connectivity index (χ0v) is 33.3. The molecule has 0 saturated carbocycles. The molecule has 284 valence electrons. The van der Waals surface area contributed by atoms with Gasteiger partial charge in [0.25, 0.3) is 0 Å². The molecule has 61 heavy (non-hydrogen) atoms. The highest BCUT2D eigenvalue weighted by Gasteiger charge is 2.53. The molecule has 0 saturated heterocycles. The van der Waals surface area contributed by atoms with Crippen molar-refractivity contribution in [3.63, 3.8) is 0 Å². The Kier molecular flexibility index (Phi) is 7.26. The van der Waals surface area contributed by atoms with E-state index in [4.69, 9.17) is 0 Å². The summed E-state index contributed by atoms with van der Waals surface area (Å²) in [5.41, 5.74) is 19.5. The number of rotatable bonds is 6. The average molecular weight is 775 g/mol. The van der Waals surface area contributed by atoms with E-state index in [2.05, 4.69) is 240 Å². The highest BCUT2D eigenvalue weighted by molar-refractivity contribution is 6.10. The first kappa shape index (κ1) is 34.0. The fourth-order valence-corrected chi connectivity index (χ4v) is 10.7. The van der Waals surface area contributed by atoms with Crippen LogP contribution in [0.5, 0.6) is 0 Å². The van der Waals surface area contributed by atoms with E-state index in [-0.39, 0.29) is 5.41 Å². The molecule has 2 heteroatoms. The minimum atomic E-state index is -0.318. The van der Waals surface area contributed by atoms with E-state index in [1.54, 1.807) is 0 Å². The van der Waals surface area contributed by atoms with Crippen LogP contribution in [0.15, 0.2) is 231 Å². The molecule has 1 aromatic heterocycles. The SMILES string of the molecule is c1ccc(-c2ccc(N(c3ccc(-n4c5ccccc5c5cc(-c6ccccc6)ccc54)cc3)c3ccc4c(c3)C3(c5ccccc5-4)c4cccc5cccc3c45)cc2)cc1. The summed E-state index contributed by atoms with van der Waals surface area (Å²) in [6.07, 6.45) is 0. The molecule has 0 atom stereocenters. The van der Waals surface area contributed by atoms with Crippen LogP contribution in [-0.4, -0.2) is 4.57 Å². The van der Waals surface area contributed by atoms with Gasteiger partial charge in [0.1, 0.15) is 0 Å². The van der Waals surface area contributed by atoms with Crippen LogP contribution < -0.4 is 4.90 Å². The number of para-hydroxylation sites is 1. The van der Waals surface area contributed by atoms with Crippen LogP contribution in [-0.2, 0) is 5.41 Å². The highest BCUT2D eigenvalue weighted by atomic mass is 15.1. The van der Waals surface area contributed by atoms with Gasteiger partial charge in [0.05, 0.1) is 16.4 Å². The molecule has 1 spiro atoms.